The number of amides is 1. The number of hydrogen-bond acceptors (Lipinski definition) is 4. The standard InChI is InChI=1S/C22H25ClN2O4/c23-19-8-5-17(6-9-19)15-24-11-13-25(14-12-24)21(26)16-29-20-4-2-1-3-18(20)7-10-22(27)28/h1-6,8-9H,7,10-16H2,(H,27,28). The molecule has 2 aromatic carbocycles. The summed E-state index contributed by atoms with van der Waals surface area (Å²) in [5.41, 5.74) is 2.01. The summed E-state index contributed by atoms with van der Waals surface area (Å²) in [4.78, 5) is 27.5. The van der Waals surface area contributed by atoms with Crippen LogP contribution in [0.5, 0.6) is 5.75 Å². The minimum absolute atomic E-state index is 0.0316. The average molecular weight is 417 g/mol. The number of halogens is 1. The van der Waals surface area contributed by atoms with Gasteiger partial charge < -0.3 is 14.7 Å². The lowest BCUT2D eigenvalue weighted by atomic mass is 10.1. The van der Waals surface area contributed by atoms with Gasteiger partial charge in [0, 0.05) is 44.2 Å². The molecule has 154 valence electrons. The Morgan fingerprint density at radius 3 is 2.38 bits per heavy atom. The number of carboxylic acid groups (broad SMARTS) is 1. The third kappa shape index (κ3) is 6.48. The molecule has 0 atom stereocenters. The molecule has 29 heavy (non-hydrogen) atoms. The van der Waals surface area contributed by atoms with E-state index in [-0.39, 0.29) is 18.9 Å². The van der Waals surface area contributed by atoms with Gasteiger partial charge in [-0.3, -0.25) is 14.5 Å². The SMILES string of the molecule is O=C(O)CCc1ccccc1OCC(=O)N1CCN(Cc2ccc(Cl)cc2)CC1. The van der Waals surface area contributed by atoms with Crippen LogP contribution in [0.3, 0.4) is 0 Å². The quantitative estimate of drug-likeness (QED) is 0.716. The van der Waals surface area contributed by atoms with Crippen molar-refractivity contribution in [3.05, 3.63) is 64.7 Å². The first-order valence-corrected chi connectivity index (χ1v) is 10.1. The molecule has 6 nitrogen and oxygen atoms in total. The van der Waals surface area contributed by atoms with E-state index >= 15 is 0 Å². The molecule has 0 aliphatic carbocycles. The number of aliphatic carboxylic acids is 1. The number of aryl methyl sites for hydroxylation is 1. The van der Waals surface area contributed by atoms with Crippen molar-refractivity contribution in [2.75, 3.05) is 32.8 Å². The highest BCUT2D eigenvalue weighted by Gasteiger charge is 2.21. The monoisotopic (exact) mass is 416 g/mol. The number of carbonyl (C=O) groups excluding carboxylic acids is 1. The normalized spacial score (nSPS) is 14.6. The van der Waals surface area contributed by atoms with E-state index in [2.05, 4.69) is 4.90 Å². The van der Waals surface area contributed by atoms with Gasteiger partial charge in [0.25, 0.3) is 5.91 Å². The Balaban J connectivity index is 1.45. The van der Waals surface area contributed by atoms with Crippen LogP contribution in [-0.4, -0.2) is 59.6 Å². The molecule has 2 aromatic rings. The molecule has 1 aliphatic heterocycles. The Morgan fingerprint density at radius 2 is 1.69 bits per heavy atom. The van der Waals surface area contributed by atoms with Gasteiger partial charge in [0.1, 0.15) is 5.75 Å². The summed E-state index contributed by atoms with van der Waals surface area (Å²) >= 11 is 5.93. The summed E-state index contributed by atoms with van der Waals surface area (Å²) in [6.45, 7) is 3.74. The maximum absolute atomic E-state index is 12.5. The van der Waals surface area contributed by atoms with Crippen LogP contribution < -0.4 is 4.74 Å². The van der Waals surface area contributed by atoms with Crippen molar-refractivity contribution in [2.24, 2.45) is 0 Å². The number of benzene rings is 2. The molecule has 1 fully saturated rings. The van der Waals surface area contributed by atoms with E-state index in [1.54, 1.807) is 6.07 Å². The van der Waals surface area contributed by atoms with Gasteiger partial charge >= 0.3 is 5.97 Å². The van der Waals surface area contributed by atoms with Crippen molar-refractivity contribution in [1.29, 1.82) is 0 Å². The number of carbonyl (C=O) groups is 2. The molecule has 0 radical (unpaired) electrons. The van der Waals surface area contributed by atoms with Crippen molar-refractivity contribution < 1.29 is 19.4 Å². The van der Waals surface area contributed by atoms with E-state index in [0.29, 0.717) is 25.3 Å². The maximum atomic E-state index is 12.5. The van der Waals surface area contributed by atoms with Gasteiger partial charge in [0.15, 0.2) is 6.61 Å². The molecule has 7 heteroatoms. The number of para-hydroxylation sites is 1. The van der Waals surface area contributed by atoms with E-state index in [1.807, 2.05) is 47.4 Å². The second-order valence-corrected chi connectivity index (χ2v) is 7.51. The number of piperazine rings is 1. The fourth-order valence-corrected chi connectivity index (χ4v) is 3.45. The van der Waals surface area contributed by atoms with Gasteiger partial charge in [0.2, 0.25) is 0 Å². The van der Waals surface area contributed by atoms with Crippen LogP contribution in [0.1, 0.15) is 17.5 Å². The number of rotatable bonds is 8. The fourth-order valence-electron chi connectivity index (χ4n) is 3.33. The fraction of sp³-hybridized carbons (Fsp3) is 0.364. The minimum atomic E-state index is -0.854. The largest absolute Gasteiger partial charge is 0.483 e. The van der Waals surface area contributed by atoms with Gasteiger partial charge in [-0.25, -0.2) is 0 Å². The predicted octanol–water partition coefficient (Wildman–Crippen LogP) is 3.08. The van der Waals surface area contributed by atoms with Crippen LogP contribution in [0.15, 0.2) is 48.5 Å². The van der Waals surface area contributed by atoms with Crippen LogP contribution in [-0.2, 0) is 22.6 Å². The van der Waals surface area contributed by atoms with Crippen molar-refractivity contribution in [3.8, 4) is 5.75 Å². The lowest BCUT2D eigenvalue weighted by Gasteiger charge is -2.34. The molecule has 0 spiro atoms. The number of carboxylic acids is 1. The second-order valence-electron chi connectivity index (χ2n) is 7.07. The molecule has 0 aromatic heterocycles. The van der Waals surface area contributed by atoms with Gasteiger partial charge in [-0.05, 0) is 35.7 Å². The van der Waals surface area contributed by atoms with Crippen LogP contribution >= 0.6 is 11.6 Å². The van der Waals surface area contributed by atoms with Gasteiger partial charge in [-0.2, -0.15) is 0 Å². The molecule has 1 saturated heterocycles. The lowest BCUT2D eigenvalue weighted by Crippen LogP contribution is -2.49. The summed E-state index contributed by atoms with van der Waals surface area (Å²) in [6.07, 6.45) is 0.410. The Hall–Kier alpha value is -2.57. The molecular weight excluding hydrogens is 392 g/mol. The summed E-state index contributed by atoms with van der Waals surface area (Å²) in [7, 11) is 0. The molecule has 0 bridgehead atoms. The van der Waals surface area contributed by atoms with Crippen LogP contribution in [0.4, 0.5) is 0 Å². The Bertz CT molecular complexity index is 833. The zero-order valence-electron chi connectivity index (χ0n) is 16.2. The highest BCUT2D eigenvalue weighted by molar-refractivity contribution is 6.30. The van der Waals surface area contributed by atoms with Gasteiger partial charge in [-0.15, -0.1) is 0 Å². The Morgan fingerprint density at radius 1 is 1.00 bits per heavy atom. The Kier molecular flexibility index (Phi) is 7.49. The van der Waals surface area contributed by atoms with Crippen LogP contribution in [0.2, 0.25) is 5.02 Å². The molecule has 1 aliphatic rings. The summed E-state index contributed by atoms with van der Waals surface area (Å²) < 4.78 is 5.71. The molecule has 0 saturated carbocycles. The van der Waals surface area contributed by atoms with Crippen molar-refractivity contribution in [3.63, 3.8) is 0 Å². The minimum Gasteiger partial charge on any atom is -0.483 e. The number of nitrogens with zero attached hydrogens (tertiary/aromatic N) is 2. The van der Waals surface area contributed by atoms with E-state index in [1.165, 1.54) is 5.56 Å². The van der Waals surface area contributed by atoms with Crippen molar-refractivity contribution in [2.45, 2.75) is 19.4 Å². The Labute approximate surface area is 175 Å². The van der Waals surface area contributed by atoms with Crippen LogP contribution in [0.25, 0.3) is 0 Å². The molecular formula is C22H25ClN2O4. The molecule has 3 rings (SSSR count). The first-order valence-electron chi connectivity index (χ1n) is 9.68. The first-order chi connectivity index (χ1) is 14.0. The molecule has 1 heterocycles. The summed E-state index contributed by atoms with van der Waals surface area (Å²) in [5, 5.41) is 9.60. The van der Waals surface area contributed by atoms with E-state index in [9.17, 15) is 9.59 Å². The number of hydrogen-bond donors (Lipinski definition) is 1. The van der Waals surface area contributed by atoms with E-state index in [4.69, 9.17) is 21.4 Å². The highest BCUT2D eigenvalue weighted by Crippen LogP contribution is 2.20. The van der Waals surface area contributed by atoms with Crippen molar-refractivity contribution in [1.82, 2.24) is 9.80 Å². The predicted molar refractivity (Wildman–Crippen MR) is 111 cm³/mol. The third-order valence-corrected chi connectivity index (χ3v) is 5.23. The molecule has 1 N–H and O–H groups in total. The third-order valence-electron chi connectivity index (χ3n) is 4.98. The van der Waals surface area contributed by atoms with E-state index in [0.717, 1.165) is 30.2 Å². The topological polar surface area (TPSA) is 70.1 Å². The summed E-state index contributed by atoms with van der Waals surface area (Å²) in [5.74, 6) is -0.333. The highest BCUT2D eigenvalue weighted by atomic mass is 35.5. The average Bonchev–Trinajstić information content (AvgIpc) is 2.73. The molecule has 0 unspecified atom stereocenters. The van der Waals surface area contributed by atoms with Gasteiger partial charge in [0.05, 0.1) is 0 Å². The summed E-state index contributed by atoms with van der Waals surface area (Å²) in [6, 6.07) is 15.1. The second kappa shape index (κ2) is 10.3. The zero-order chi connectivity index (χ0) is 20.6. The first kappa shape index (κ1) is 21.1. The van der Waals surface area contributed by atoms with Gasteiger partial charge in [-0.1, -0.05) is 41.9 Å². The molecule has 1 amide bonds. The van der Waals surface area contributed by atoms with Crippen molar-refractivity contribution >= 4 is 23.5 Å². The van der Waals surface area contributed by atoms with E-state index < -0.39 is 5.97 Å². The maximum Gasteiger partial charge on any atom is 0.303 e. The number of ether oxygens (including phenoxy) is 1. The lowest BCUT2D eigenvalue weighted by molar-refractivity contribution is -0.137. The zero-order valence-corrected chi connectivity index (χ0v) is 17.0. The smallest absolute Gasteiger partial charge is 0.303 e. The van der Waals surface area contributed by atoms with Crippen LogP contribution in [0, 0.1) is 0 Å².